The first-order chi connectivity index (χ1) is 43.1. The molecule has 480 valence electrons. The molecule has 0 radical (unpaired) electrons. The summed E-state index contributed by atoms with van der Waals surface area (Å²) in [6.45, 7) is 0. The van der Waals surface area contributed by atoms with Crippen molar-refractivity contribution in [3.05, 3.63) is 157 Å². The second kappa shape index (κ2) is 22.5. The number of hydrogen-bond acceptors (Lipinski definition) is 26. The summed E-state index contributed by atoms with van der Waals surface area (Å²) in [5.41, 5.74) is -3.34. The molecule has 21 N–H and O–H groups in total. The quantitative estimate of drug-likeness (QED) is 0.0580. The molecule has 0 amide bonds. The van der Waals surface area contributed by atoms with Gasteiger partial charge in [-0.25, -0.2) is 0 Å². The molecule has 13 rings (SSSR count). The topological polar surface area (TPSA) is 471 Å². The van der Waals surface area contributed by atoms with E-state index in [1.807, 2.05) is 0 Å². The van der Waals surface area contributed by atoms with Gasteiger partial charge in [0, 0.05) is 130 Å². The number of alkyl halides is 2. The Balaban J connectivity index is 1.07. The predicted octanol–water partition coefficient (Wildman–Crippen LogP) is 6.92. The van der Waals surface area contributed by atoms with Gasteiger partial charge in [-0.05, 0) is 63.4 Å². The molecule has 8 aliphatic rings. The van der Waals surface area contributed by atoms with E-state index < -0.39 is 248 Å². The normalized spacial score (nSPS) is 31.4. The van der Waals surface area contributed by atoms with Crippen molar-refractivity contribution in [1.82, 2.24) is 0 Å². The van der Waals surface area contributed by atoms with Crippen molar-refractivity contribution < 1.29 is 131 Å². The van der Waals surface area contributed by atoms with E-state index in [0.717, 1.165) is 54.6 Å². The van der Waals surface area contributed by atoms with Crippen LogP contribution in [0.1, 0.15) is 93.0 Å². The number of allylic oxidation sites excluding steroid dienone is 6. The van der Waals surface area contributed by atoms with Gasteiger partial charge in [0.05, 0.1) is 23.7 Å². The van der Waals surface area contributed by atoms with Crippen LogP contribution < -0.4 is 23.7 Å². The molecule has 0 saturated heterocycles. The van der Waals surface area contributed by atoms with Crippen LogP contribution in [0.4, 0.5) is 0 Å². The molecule has 28 heteroatoms. The van der Waals surface area contributed by atoms with Crippen molar-refractivity contribution >= 4 is 45.2 Å². The average molecular weight is 1480 g/mol. The lowest BCUT2D eigenvalue weighted by molar-refractivity contribution is -0.0293. The molecule has 17 atom stereocenters. The lowest BCUT2D eigenvalue weighted by Gasteiger charge is -2.46. The number of hydrogen-bond donors (Lipinski definition) is 21. The summed E-state index contributed by atoms with van der Waals surface area (Å²) in [5.74, 6) is -23.6. The number of halogens is 2. The third-order valence-electron chi connectivity index (χ3n) is 18.5. The van der Waals surface area contributed by atoms with Gasteiger partial charge in [0.15, 0.2) is 25.5 Å². The average Bonchev–Trinajstić information content (AvgIpc) is 0.720. The summed E-state index contributed by atoms with van der Waals surface area (Å²) in [4.78, 5) is 0. The number of aromatic hydroxyl groups is 10. The maximum Gasteiger partial charge on any atom is 0.175 e. The SMILES string of the molecule is OC1=C(O)CC([C@H]2Oc3c(c(O)cc(O)c3[C@H]3c4c(O)cc(O)c([C@H]5c6c(O)cc(O)cc6O[C@H](C6C=CC(O)=C(O)C6)[C@@H]5O)c4O[C@H](C4C=CC(O)=C(O)C4)[C@@H]3O)[C@H](c3c(O)cc(O)c4c3O[C@H](I)[C@H](O)[C@H]4c3c(O)cc(O)c4c3O[C@H](I)[C@H](O)C4)[C@H]2O)C=C1. The van der Waals surface area contributed by atoms with Gasteiger partial charge in [0.25, 0.3) is 0 Å². The molecule has 0 saturated carbocycles. The second-order valence-electron chi connectivity index (χ2n) is 23.7. The van der Waals surface area contributed by atoms with Gasteiger partial charge in [0.1, 0.15) is 152 Å². The Morgan fingerprint density at radius 1 is 0.319 bits per heavy atom. The van der Waals surface area contributed by atoms with Crippen LogP contribution in [0, 0.1) is 17.8 Å². The number of phenols is 10. The van der Waals surface area contributed by atoms with E-state index in [2.05, 4.69) is 0 Å². The number of aliphatic hydroxyl groups is 11. The van der Waals surface area contributed by atoms with Gasteiger partial charge >= 0.3 is 0 Å². The molecule has 3 aliphatic carbocycles. The molecule has 5 aromatic rings. The monoisotopic (exact) mass is 1480 g/mol. The number of aliphatic hydroxyl groups excluding tert-OH is 11. The van der Waals surface area contributed by atoms with Crippen molar-refractivity contribution in [1.29, 1.82) is 0 Å². The van der Waals surface area contributed by atoms with Crippen molar-refractivity contribution in [2.24, 2.45) is 17.8 Å². The number of phenolic OH excluding ortho intramolecular Hbond substituents is 10. The van der Waals surface area contributed by atoms with Crippen LogP contribution >= 0.6 is 45.2 Å². The van der Waals surface area contributed by atoms with Crippen molar-refractivity contribution in [3.8, 4) is 86.2 Å². The molecule has 5 aliphatic heterocycles. The fraction of sp³-hybridized carbons (Fsp3) is 0.333. The Morgan fingerprint density at radius 2 is 0.637 bits per heavy atom. The summed E-state index contributed by atoms with van der Waals surface area (Å²) < 4.78 is 29.9. The molecule has 0 bridgehead atoms. The molecule has 0 aromatic heterocycles. The number of benzene rings is 5. The fourth-order valence-corrected chi connectivity index (χ4v) is 15.5. The van der Waals surface area contributed by atoms with Crippen molar-refractivity contribution in [3.63, 3.8) is 0 Å². The smallest absolute Gasteiger partial charge is 0.175 e. The standard InChI is InChI=1S/C63H58I2O26/c64-62-37(82)12-21-25(70)13-30(75)40(58(21)90-62)50-46-36(81)16-35(80)45(61(46)91-63(65)54(50)86)49-44-34(79)15-33(78)43(60(44)89-57(53(49)85)19-3-6-24(69)28(73)9-19)48-42-32(77)14-31(76)41(59(42)88-56(52(48)84)18-2-5-23(68)27(72)8-18)47-39-29(74)10-20(66)11-38(39)87-55(51(47)83)17-1-4-22(67)26(71)7-17/h1-6,10-11,13-19,37,47-57,62-63,66-86H,7-9,12H2/t17?,18?,19?,37-,47-,48-,49-,50+,51-,52-,53-,54-,55-,56-,57-,62+,63+/m1/s1. The van der Waals surface area contributed by atoms with Crippen LogP contribution in [0.2, 0.25) is 0 Å². The van der Waals surface area contributed by atoms with Gasteiger partial charge in [-0.3, -0.25) is 0 Å². The fourth-order valence-electron chi connectivity index (χ4n) is 14.3. The highest BCUT2D eigenvalue weighted by atomic mass is 127. The highest BCUT2D eigenvalue weighted by Crippen LogP contribution is 2.65. The Labute approximate surface area is 540 Å². The van der Waals surface area contributed by atoms with Gasteiger partial charge < -0.3 is 131 Å². The zero-order valence-corrected chi connectivity index (χ0v) is 51.1. The number of fused-ring (bicyclic) bond motifs is 5. The maximum absolute atomic E-state index is 13.2. The lowest BCUT2D eigenvalue weighted by Crippen LogP contribution is -2.49. The Bertz CT molecular complexity index is 4100. The highest BCUT2D eigenvalue weighted by Gasteiger charge is 2.56. The van der Waals surface area contributed by atoms with E-state index in [1.54, 1.807) is 45.2 Å². The minimum absolute atomic E-state index is 0.0158. The van der Waals surface area contributed by atoms with Crippen LogP contribution in [0.25, 0.3) is 0 Å². The van der Waals surface area contributed by atoms with Crippen molar-refractivity contribution in [2.45, 2.75) is 106 Å². The van der Waals surface area contributed by atoms with Gasteiger partial charge in [-0.1, -0.05) is 18.2 Å². The number of ether oxygens (including phenoxy) is 5. The van der Waals surface area contributed by atoms with E-state index in [-0.39, 0.29) is 46.6 Å². The lowest BCUT2D eigenvalue weighted by atomic mass is 9.70. The van der Waals surface area contributed by atoms with Gasteiger partial charge in [-0.15, -0.1) is 0 Å². The first kappa shape index (κ1) is 61.5. The molecule has 0 fully saturated rings. The van der Waals surface area contributed by atoms with Crippen LogP contribution in [0.3, 0.4) is 0 Å². The zero-order chi connectivity index (χ0) is 65.0. The molecule has 91 heavy (non-hydrogen) atoms. The third kappa shape index (κ3) is 9.72. The summed E-state index contributed by atoms with van der Waals surface area (Å²) in [7, 11) is 0. The summed E-state index contributed by atoms with van der Waals surface area (Å²) in [6.07, 6.45) is -7.84. The Morgan fingerprint density at radius 3 is 1.03 bits per heavy atom. The summed E-state index contributed by atoms with van der Waals surface area (Å²) >= 11 is 3.49. The van der Waals surface area contributed by atoms with E-state index >= 15 is 0 Å². The highest BCUT2D eigenvalue weighted by molar-refractivity contribution is 14.1. The first-order valence-corrected chi connectivity index (χ1v) is 30.9. The second-order valence-corrected chi connectivity index (χ2v) is 26.2. The molecular formula is C63H58I2O26. The minimum Gasteiger partial charge on any atom is -0.508 e. The van der Waals surface area contributed by atoms with Crippen molar-refractivity contribution in [2.75, 3.05) is 0 Å². The Kier molecular flexibility index (Phi) is 15.2. The third-order valence-corrected chi connectivity index (χ3v) is 20.5. The van der Waals surface area contributed by atoms with E-state index in [4.69, 9.17) is 23.7 Å². The van der Waals surface area contributed by atoms with E-state index in [9.17, 15) is 107 Å². The van der Waals surface area contributed by atoms with E-state index in [0.29, 0.717) is 0 Å². The van der Waals surface area contributed by atoms with E-state index in [1.165, 1.54) is 18.2 Å². The van der Waals surface area contributed by atoms with Crippen LogP contribution in [-0.2, 0) is 6.42 Å². The predicted molar refractivity (Wildman–Crippen MR) is 329 cm³/mol. The molecular weight excluding hydrogens is 1430 g/mol. The van der Waals surface area contributed by atoms with Gasteiger partial charge in [-0.2, -0.15) is 0 Å². The molecule has 26 nitrogen and oxygen atoms in total. The van der Waals surface area contributed by atoms with Crippen LogP contribution in [0.15, 0.2) is 107 Å². The molecule has 5 heterocycles. The maximum atomic E-state index is 13.2. The largest absolute Gasteiger partial charge is 0.508 e. The Hall–Kier alpha value is -8.40. The van der Waals surface area contributed by atoms with Crippen LogP contribution in [0.5, 0.6) is 86.2 Å². The van der Waals surface area contributed by atoms with Gasteiger partial charge in [0.2, 0.25) is 0 Å². The first-order valence-electron chi connectivity index (χ1n) is 28.4. The van der Waals surface area contributed by atoms with Crippen LogP contribution in [-0.4, -0.2) is 164 Å². The minimum atomic E-state index is -2.10. The summed E-state index contributed by atoms with van der Waals surface area (Å²) in [6, 6.07) is 5.32. The molecule has 5 aromatic carbocycles. The summed E-state index contributed by atoms with van der Waals surface area (Å²) in [5, 5.41) is 246. The molecule has 3 unspecified atom stereocenters. The molecule has 0 spiro atoms. The number of rotatable bonds is 7. The zero-order valence-electron chi connectivity index (χ0n) is 46.8.